The van der Waals surface area contributed by atoms with Crippen LogP contribution in [0.2, 0.25) is 0 Å². The molecule has 0 radical (unpaired) electrons. The van der Waals surface area contributed by atoms with Crippen LogP contribution in [0.15, 0.2) is 0 Å². The zero-order valence-corrected chi connectivity index (χ0v) is 10.7. The van der Waals surface area contributed by atoms with Crippen molar-refractivity contribution < 1.29 is 14.6 Å². The molecule has 1 N–H and O–H groups in total. The van der Waals surface area contributed by atoms with Crippen molar-refractivity contribution in [2.24, 2.45) is 0 Å². The van der Waals surface area contributed by atoms with Crippen LogP contribution in [0.25, 0.3) is 0 Å². The van der Waals surface area contributed by atoms with Gasteiger partial charge in [0.1, 0.15) is 0 Å². The predicted molar refractivity (Wildman–Crippen MR) is 64.9 cm³/mol. The first-order valence-electron chi connectivity index (χ1n) is 6.57. The topological polar surface area (TPSA) is 45.2 Å². The molecule has 2 fully saturated rings. The van der Waals surface area contributed by atoms with Gasteiger partial charge in [0.25, 0.3) is 0 Å². The second-order valence-corrected chi connectivity index (χ2v) is 4.97. The Morgan fingerprint density at radius 2 is 1.94 bits per heavy atom. The van der Waals surface area contributed by atoms with E-state index in [0.29, 0.717) is 13.0 Å². The number of aliphatic hydroxyl groups is 1. The summed E-state index contributed by atoms with van der Waals surface area (Å²) in [6, 6.07) is 0. The number of ether oxygens (including phenoxy) is 2. The van der Waals surface area contributed by atoms with Crippen LogP contribution in [0, 0.1) is 0 Å². The van der Waals surface area contributed by atoms with Crippen LogP contribution in [0.3, 0.4) is 0 Å². The minimum absolute atomic E-state index is 0.0637. The molecule has 0 aromatic carbocycles. The number of nitrogens with zero attached hydrogens (tertiary/aromatic N) is 2. The molecule has 2 rings (SSSR count). The van der Waals surface area contributed by atoms with Crippen molar-refractivity contribution in [3.63, 3.8) is 0 Å². The normalized spacial score (nSPS) is 32.1. The monoisotopic (exact) mass is 244 g/mol. The van der Waals surface area contributed by atoms with E-state index in [1.807, 2.05) is 0 Å². The van der Waals surface area contributed by atoms with Gasteiger partial charge in [-0.25, -0.2) is 0 Å². The fourth-order valence-electron chi connectivity index (χ4n) is 2.31. The third-order valence-corrected chi connectivity index (χ3v) is 3.54. The number of piperazine rings is 1. The van der Waals surface area contributed by atoms with Crippen molar-refractivity contribution in [2.45, 2.75) is 25.2 Å². The van der Waals surface area contributed by atoms with E-state index in [4.69, 9.17) is 14.6 Å². The summed E-state index contributed by atoms with van der Waals surface area (Å²) in [5.41, 5.74) is 0. The Bertz CT molecular complexity index is 220. The van der Waals surface area contributed by atoms with Gasteiger partial charge >= 0.3 is 0 Å². The molecule has 5 heteroatoms. The highest BCUT2D eigenvalue weighted by molar-refractivity contribution is 4.71. The highest BCUT2D eigenvalue weighted by Crippen LogP contribution is 2.17. The van der Waals surface area contributed by atoms with Gasteiger partial charge in [-0.05, 0) is 13.5 Å². The second-order valence-electron chi connectivity index (χ2n) is 4.97. The molecule has 2 atom stereocenters. The minimum Gasteiger partial charge on any atom is -0.396 e. The Kier molecular flexibility index (Phi) is 5.18. The van der Waals surface area contributed by atoms with Crippen molar-refractivity contribution in [3.8, 4) is 0 Å². The fraction of sp³-hybridized carbons (Fsp3) is 1.00. The molecule has 0 saturated carbocycles. The average molecular weight is 244 g/mol. The quantitative estimate of drug-likeness (QED) is 0.722. The Labute approximate surface area is 103 Å². The first-order valence-corrected chi connectivity index (χ1v) is 6.57. The standard InChI is InChI=1S/C12H24N2O3/c1-13-5-7-14(8-6-13)4-2-12-16-10-11(17-12)3-9-15/h11-12,15H,2-10H2,1H3. The van der Waals surface area contributed by atoms with Crippen molar-refractivity contribution in [1.29, 1.82) is 0 Å². The van der Waals surface area contributed by atoms with Gasteiger partial charge in [-0.3, -0.25) is 0 Å². The van der Waals surface area contributed by atoms with Crippen molar-refractivity contribution in [1.82, 2.24) is 9.80 Å². The Balaban J connectivity index is 1.59. The number of likely N-dealkylation sites (N-methyl/N-ethyl adjacent to an activating group) is 1. The number of hydrogen-bond acceptors (Lipinski definition) is 5. The molecule has 2 heterocycles. The number of aliphatic hydroxyl groups excluding tert-OH is 1. The molecule has 0 bridgehead atoms. The van der Waals surface area contributed by atoms with Crippen LogP contribution in [0.5, 0.6) is 0 Å². The predicted octanol–water partition coefficient (Wildman–Crippen LogP) is -0.252. The van der Waals surface area contributed by atoms with E-state index in [-0.39, 0.29) is 19.0 Å². The highest BCUT2D eigenvalue weighted by Gasteiger charge is 2.26. The molecule has 17 heavy (non-hydrogen) atoms. The molecule has 2 saturated heterocycles. The zero-order chi connectivity index (χ0) is 12.1. The van der Waals surface area contributed by atoms with Crippen LogP contribution in [-0.2, 0) is 9.47 Å². The van der Waals surface area contributed by atoms with E-state index in [1.165, 1.54) is 0 Å². The van der Waals surface area contributed by atoms with E-state index >= 15 is 0 Å². The average Bonchev–Trinajstić information content (AvgIpc) is 2.77. The molecule has 0 amide bonds. The number of hydrogen-bond donors (Lipinski definition) is 1. The van der Waals surface area contributed by atoms with Crippen molar-refractivity contribution >= 4 is 0 Å². The Morgan fingerprint density at radius 3 is 2.65 bits per heavy atom. The maximum atomic E-state index is 8.82. The lowest BCUT2D eigenvalue weighted by molar-refractivity contribution is -0.0696. The maximum Gasteiger partial charge on any atom is 0.159 e. The van der Waals surface area contributed by atoms with Gasteiger partial charge in [0, 0.05) is 45.8 Å². The maximum absolute atomic E-state index is 8.82. The molecule has 0 aromatic rings. The van der Waals surface area contributed by atoms with Gasteiger partial charge in [0.2, 0.25) is 0 Å². The lowest BCUT2D eigenvalue weighted by atomic mass is 10.3. The van der Waals surface area contributed by atoms with Gasteiger partial charge in [-0.1, -0.05) is 0 Å². The lowest BCUT2D eigenvalue weighted by Gasteiger charge is -2.32. The molecule has 0 aliphatic carbocycles. The van der Waals surface area contributed by atoms with Crippen LogP contribution in [0.1, 0.15) is 12.8 Å². The summed E-state index contributed by atoms with van der Waals surface area (Å²) in [6.45, 7) is 6.45. The van der Waals surface area contributed by atoms with Gasteiger partial charge in [0.15, 0.2) is 6.29 Å². The smallest absolute Gasteiger partial charge is 0.159 e. The molecule has 2 aliphatic heterocycles. The summed E-state index contributed by atoms with van der Waals surface area (Å²) in [6.07, 6.45) is 1.65. The molecular weight excluding hydrogens is 220 g/mol. The van der Waals surface area contributed by atoms with E-state index < -0.39 is 0 Å². The third kappa shape index (κ3) is 4.19. The first kappa shape index (κ1) is 13.2. The molecule has 2 unspecified atom stereocenters. The van der Waals surface area contributed by atoms with Gasteiger partial charge in [-0.2, -0.15) is 0 Å². The fourth-order valence-corrected chi connectivity index (χ4v) is 2.31. The molecular formula is C12H24N2O3. The first-order chi connectivity index (χ1) is 8.28. The summed E-state index contributed by atoms with van der Waals surface area (Å²) in [4.78, 5) is 4.82. The molecule has 0 aromatic heterocycles. The molecule has 2 aliphatic rings. The Hall–Kier alpha value is -0.200. The van der Waals surface area contributed by atoms with Crippen LogP contribution < -0.4 is 0 Å². The second kappa shape index (κ2) is 6.66. The van der Waals surface area contributed by atoms with E-state index in [2.05, 4.69) is 16.8 Å². The van der Waals surface area contributed by atoms with Gasteiger partial charge in [-0.15, -0.1) is 0 Å². The summed E-state index contributed by atoms with van der Waals surface area (Å²) >= 11 is 0. The van der Waals surface area contributed by atoms with Crippen LogP contribution in [-0.4, -0.2) is 80.3 Å². The summed E-state index contributed by atoms with van der Waals surface area (Å²) in [5.74, 6) is 0. The summed E-state index contributed by atoms with van der Waals surface area (Å²) in [7, 11) is 2.17. The van der Waals surface area contributed by atoms with Crippen LogP contribution >= 0.6 is 0 Å². The van der Waals surface area contributed by atoms with E-state index in [1.54, 1.807) is 0 Å². The minimum atomic E-state index is -0.0637. The number of rotatable bonds is 5. The van der Waals surface area contributed by atoms with Gasteiger partial charge in [0.05, 0.1) is 12.7 Å². The largest absolute Gasteiger partial charge is 0.396 e. The summed E-state index contributed by atoms with van der Waals surface area (Å²) < 4.78 is 11.3. The molecule has 0 spiro atoms. The van der Waals surface area contributed by atoms with Gasteiger partial charge < -0.3 is 24.4 Å². The van der Waals surface area contributed by atoms with E-state index in [0.717, 1.165) is 39.1 Å². The third-order valence-electron chi connectivity index (χ3n) is 3.54. The summed E-state index contributed by atoms with van der Waals surface area (Å²) in [5, 5.41) is 8.82. The van der Waals surface area contributed by atoms with Crippen LogP contribution in [0.4, 0.5) is 0 Å². The zero-order valence-electron chi connectivity index (χ0n) is 10.7. The van der Waals surface area contributed by atoms with Crippen molar-refractivity contribution in [2.75, 3.05) is 53.0 Å². The van der Waals surface area contributed by atoms with Crippen molar-refractivity contribution in [3.05, 3.63) is 0 Å². The SMILES string of the molecule is CN1CCN(CCC2OCC(CCO)O2)CC1. The lowest BCUT2D eigenvalue weighted by Crippen LogP contribution is -2.45. The van der Waals surface area contributed by atoms with E-state index in [9.17, 15) is 0 Å². The molecule has 5 nitrogen and oxygen atoms in total. The highest BCUT2D eigenvalue weighted by atomic mass is 16.7. The molecule has 100 valence electrons. The Morgan fingerprint density at radius 1 is 1.18 bits per heavy atom.